The number of hydrogen-bond acceptors (Lipinski definition) is 3. The fraction of sp³-hybridized carbons (Fsp3) is 0.350. The Bertz CT molecular complexity index is 844. The van der Waals surface area contributed by atoms with Gasteiger partial charge in [0.15, 0.2) is 0 Å². The molecule has 1 amide bonds. The zero-order chi connectivity index (χ0) is 19.3. The average molecular weight is 375 g/mol. The van der Waals surface area contributed by atoms with Crippen LogP contribution in [-0.2, 0) is 21.2 Å². The molecular formula is C20H26N2O3S. The van der Waals surface area contributed by atoms with E-state index in [9.17, 15) is 13.2 Å². The molecule has 2 aromatic rings. The average Bonchev–Trinajstić information content (AvgIpc) is 2.59. The Morgan fingerprint density at radius 1 is 1.08 bits per heavy atom. The third kappa shape index (κ3) is 5.33. The molecule has 2 rings (SSSR count). The fourth-order valence-electron chi connectivity index (χ4n) is 2.65. The maximum absolute atomic E-state index is 12.4. The third-order valence-electron chi connectivity index (χ3n) is 4.27. The number of nitrogens with one attached hydrogen (secondary N) is 1. The van der Waals surface area contributed by atoms with E-state index >= 15 is 0 Å². The van der Waals surface area contributed by atoms with Gasteiger partial charge in [-0.2, -0.15) is 0 Å². The highest BCUT2D eigenvalue weighted by Gasteiger charge is 2.21. The molecule has 6 heteroatoms. The Labute approximate surface area is 156 Å². The first kappa shape index (κ1) is 20.0. The normalized spacial score (nSPS) is 12.5. The van der Waals surface area contributed by atoms with E-state index < -0.39 is 10.0 Å². The van der Waals surface area contributed by atoms with Crippen LogP contribution >= 0.6 is 0 Å². The number of anilines is 1. The van der Waals surface area contributed by atoms with Gasteiger partial charge in [0.1, 0.15) is 6.54 Å². The number of rotatable bonds is 7. The molecule has 1 unspecified atom stereocenters. The number of nitrogens with zero attached hydrogens (tertiary/aromatic N) is 1. The lowest BCUT2D eigenvalue weighted by atomic mass is 10.1. The Morgan fingerprint density at radius 2 is 1.65 bits per heavy atom. The maximum Gasteiger partial charge on any atom is 0.241 e. The van der Waals surface area contributed by atoms with E-state index in [1.807, 2.05) is 50.2 Å². The second-order valence-corrected chi connectivity index (χ2v) is 8.40. The van der Waals surface area contributed by atoms with Gasteiger partial charge in [0.05, 0.1) is 18.0 Å². The smallest absolute Gasteiger partial charge is 0.241 e. The highest BCUT2D eigenvalue weighted by atomic mass is 32.2. The van der Waals surface area contributed by atoms with E-state index in [-0.39, 0.29) is 18.5 Å². The second-order valence-electron chi connectivity index (χ2n) is 6.49. The number of amides is 1. The van der Waals surface area contributed by atoms with Gasteiger partial charge in [0.25, 0.3) is 0 Å². The number of carbonyl (C=O) groups is 1. The molecule has 140 valence electrons. The summed E-state index contributed by atoms with van der Waals surface area (Å²) < 4.78 is 25.4. The molecule has 0 aliphatic rings. The van der Waals surface area contributed by atoms with Crippen LogP contribution in [0.4, 0.5) is 5.69 Å². The van der Waals surface area contributed by atoms with Crippen LogP contribution in [0, 0.1) is 6.92 Å². The zero-order valence-corrected chi connectivity index (χ0v) is 16.5. The van der Waals surface area contributed by atoms with Crippen molar-refractivity contribution in [1.29, 1.82) is 0 Å². The number of carbonyl (C=O) groups excluding carboxylic acids is 1. The second kappa shape index (κ2) is 8.36. The van der Waals surface area contributed by atoms with E-state index in [0.717, 1.165) is 28.1 Å². The quantitative estimate of drug-likeness (QED) is 0.809. The van der Waals surface area contributed by atoms with E-state index in [2.05, 4.69) is 12.2 Å². The van der Waals surface area contributed by atoms with Gasteiger partial charge in [-0.3, -0.25) is 9.10 Å². The summed E-state index contributed by atoms with van der Waals surface area (Å²) in [5.74, 6) is -0.344. The maximum atomic E-state index is 12.4. The summed E-state index contributed by atoms with van der Waals surface area (Å²) in [4.78, 5) is 12.4. The number of aryl methyl sites for hydroxylation is 2. The van der Waals surface area contributed by atoms with Crippen molar-refractivity contribution < 1.29 is 13.2 Å². The lowest BCUT2D eigenvalue weighted by molar-refractivity contribution is -0.120. The van der Waals surface area contributed by atoms with Gasteiger partial charge >= 0.3 is 0 Å². The molecular weight excluding hydrogens is 348 g/mol. The van der Waals surface area contributed by atoms with Crippen molar-refractivity contribution in [2.75, 3.05) is 17.1 Å². The SMILES string of the molecule is CCc1ccc(C(C)NC(=O)CN(c2ccc(C)cc2)S(C)(=O)=O)cc1. The highest BCUT2D eigenvalue weighted by Crippen LogP contribution is 2.19. The van der Waals surface area contributed by atoms with Crippen LogP contribution in [0.3, 0.4) is 0 Å². The van der Waals surface area contributed by atoms with Crippen molar-refractivity contribution >= 4 is 21.6 Å². The molecule has 0 saturated heterocycles. The molecule has 1 atom stereocenters. The topological polar surface area (TPSA) is 66.5 Å². The minimum absolute atomic E-state index is 0.201. The lowest BCUT2D eigenvalue weighted by Crippen LogP contribution is -2.41. The summed E-state index contributed by atoms with van der Waals surface area (Å²) in [6, 6.07) is 14.9. The van der Waals surface area contributed by atoms with E-state index in [0.29, 0.717) is 5.69 Å². The Hall–Kier alpha value is -2.34. The Balaban J connectivity index is 2.10. The number of hydrogen-bond donors (Lipinski definition) is 1. The molecule has 5 nitrogen and oxygen atoms in total. The van der Waals surface area contributed by atoms with E-state index in [1.165, 1.54) is 5.56 Å². The molecule has 0 radical (unpaired) electrons. The summed E-state index contributed by atoms with van der Waals surface area (Å²) >= 11 is 0. The van der Waals surface area contributed by atoms with Gasteiger partial charge in [0.2, 0.25) is 15.9 Å². The van der Waals surface area contributed by atoms with Crippen molar-refractivity contribution in [2.45, 2.75) is 33.2 Å². The van der Waals surface area contributed by atoms with Crippen LogP contribution in [0.1, 0.15) is 36.6 Å². The monoisotopic (exact) mass is 374 g/mol. The van der Waals surface area contributed by atoms with Crippen LogP contribution in [0.2, 0.25) is 0 Å². The molecule has 0 aromatic heterocycles. The molecule has 0 aliphatic heterocycles. The molecule has 2 aromatic carbocycles. The summed E-state index contributed by atoms with van der Waals surface area (Å²) in [6.07, 6.45) is 2.06. The molecule has 26 heavy (non-hydrogen) atoms. The van der Waals surface area contributed by atoms with Crippen LogP contribution < -0.4 is 9.62 Å². The largest absolute Gasteiger partial charge is 0.348 e. The Kier molecular flexibility index (Phi) is 6.42. The molecule has 0 fully saturated rings. The predicted octanol–water partition coefficient (Wildman–Crippen LogP) is 3.20. The molecule has 0 saturated carbocycles. The molecule has 1 N–H and O–H groups in total. The van der Waals surface area contributed by atoms with Crippen LogP contribution in [0.25, 0.3) is 0 Å². The first-order valence-electron chi connectivity index (χ1n) is 8.63. The number of sulfonamides is 1. The van der Waals surface area contributed by atoms with Crippen LogP contribution in [-0.4, -0.2) is 27.1 Å². The van der Waals surface area contributed by atoms with Gasteiger partial charge < -0.3 is 5.32 Å². The number of benzene rings is 2. The summed E-state index contributed by atoms with van der Waals surface area (Å²) in [6.45, 7) is 5.65. The molecule has 0 spiro atoms. The summed E-state index contributed by atoms with van der Waals surface area (Å²) in [5, 5.41) is 2.87. The summed E-state index contributed by atoms with van der Waals surface area (Å²) in [7, 11) is -3.56. The molecule has 0 aliphatic carbocycles. The fourth-order valence-corrected chi connectivity index (χ4v) is 3.51. The van der Waals surface area contributed by atoms with Crippen molar-refractivity contribution in [3.8, 4) is 0 Å². The predicted molar refractivity (Wildman–Crippen MR) is 106 cm³/mol. The minimum Gasteiger partial charge on any atom is -0.348 e. The van der Waals surface area contributed by atoms with Gasteiger partial charge in [-0.25, -0.2) is 8.42 Å². The van der Waals surface area contributed by atoms with Crippen molar-refractivity contribution in [2.24, 2.45) is 0 Å². The van der Waals surface area contributed by atoms with E-state index in [4.69, 9.17) is 0 Å². The summed E-state index contributed by atoms with van der Waals surface area (Å²) in [5.41, 5.74) is 3.72. The highest BCUT2D eigenvalue weighted by molar-refractivity contribution is 7.92. The van der Waals surface area contributed by atoms with Gasteiger partial charge in [-0.1, -0.05) is 48.9 Å². The van der Waals surface area contributed by atoms with Crippen molar-refractivity contribution in [3.05, 3.63) is 65.2 Å². The Morgan fingerprint density at radius 3 is 2.15 bits per heavy atom. The lowest BCUT2D eigenvalue weighted by Gasteiger charge is -2.23. The van der Waals surface area contributed by atoms with Crippen molar-refractivity contribution in [3.63, 3.8) is 0 Å². The minimum atomic E-state index is -3.56. The first-order chi connectivity index (χ1) is 12.2. The van der Waals surface area contributed by atoms with Crippen LogP contribution in [0.5, 0.6) is 0 Å². The third-order valence-corrected chi connectivity index (χ3v) is 5.42. The molecule has 0 bridgehead atoms. The van der Waals surface area contributed by atoms with Gasteiger partial charge in [-0.15, -0.1) is 0 Å². The molecule has 0 heterocycles. The first-order valence-corrected chi connectivity index (χ1v) is 10.5. The van der Waals surface area contributed by atoms with Crippen molar-refractivity contribution in [1.82, 2.24) is 5.32 Å². The van der Waals surface area contributed by atoms with Gasteiger partial charge in [-0.05, 0) is 43.5 Å². The van der Waals surface area contributed by atoms with Gasteiger partial charge in [0, 0.05) is 0 Å². The van der Waals surface area contributed by atoms with E-state index in [1.54, 1.807) is 12.1 Å². The zero-order valence-electron chi connectivity index (χ0n) is 15.7. The van der Waals surface area contributed by atoms with Crippen LogP contribution in [0.15, 0.2) is 48.5 Å². The standard InChI is InChI=1S/C20H26N2O3S/c1-5-17-8-10-18(11-9-17)16(3)21-20(23)14-22(26(4,24)25)19-12-6-15(2)7-13-19/h6-13,16H,5,14H2,1-4H3,(H,21,23).